The Kier molecular flexibility index (Phi) is 6.92. The van der Waals surface area contributed by atoms with Crippen molar-refractivity contribution < 1.29 is 28.3 Å². The van der Waals surface area contributed by atoms with Crippen LogP contribution in [0.2, 0.25) is 0 Å². The van der Waals surface area contributed by atoms with Crippen LogP contribution in [0.4, 0.5) is 0 Å². The summed E-state index contributed by atoms with van der Waals surface area (Å²) in [5.74, 6) is 1.75. The molecule has 0 heterocycles. The minimum atomic E-state index is -4.48. The van der Waals surface area contributed by atoms with Crippen molar-refractivity contribution in [3.63, 3.8) is 0 Å². The predicted molar refractivity (Wildman–Crippen MR) is 127 cm³/mol. The maximum Gasteiger partial charge on any atom is 0.469 e. The second kappa shape index (κ2) is 9.03. The van der Waals surface area contributed by atoms with Crippen LogP contribution in [-0.4, -0.2) is 24.0 Å². The van der Waals surface area contributed by atoms with Crippen LogP contribution >= 0.6 is 7.82 Å². The summed E-state index contributed by atoms with van der Waals surface area (Å²) in [5.41, 5.74) is 4.97. The van der Waals surface area contributed by atoms with Gasteiger partial charge >= 0.3 is 7.82 Å². The van der Waals surface area contributed by atoms with Crippen LogP contribution in [-0.2, 0) is 26.5 Å². The number of rotatable bonds is 7. The third-order valence-corrected chi connectivity index (χ3v) is 6.72. The van der Waals surface area contributed by atoms with Crippen LogP contribution in [0.15, 0.2) is 30.3 Å². The van der Waals surface area contributed by atoms with E-state index in [0.717, 1.165) is 35.5 Å². The van der Waals surface area contributed by atoms with E-state index >= 15 is 0 Å². The number of phosphoric acid groups is 1. The normalized spacial score (nSPS) is 17.2. The minimum Gasteiger partial charge on any atom is -0.496 e. The van der Waals surface area contributed by atoms with E-state index in [9.17, 15) is 4.57 Å². The van der Waals surface area contributed by atoms with Crippen molar-refractivity contribution in [2.24, 2.45) is 0 Å². The molecular weight excluding hydrogens is 427 g/mol. The van der Waals surface area contributed by atoms with Gasteiger partial charge in [-0.1, -0.05) is 64.1 Å². The first kappa shape index (κ1) is 24.5. The molecular formula is C25H33O6P. The Labute approximate surface area is 190 Å². The lowest BCUT2D eigenvalue weighted by Gasteiger charge is -2.43. The Morgan fingerprint density at radius 1 is 0.938 bits per heavy atom. The van der Waals surface area contributed by atoms with Crippen LogP contribution in [0.5, 0.6) is 11.5 Å². The van der Waals surface area contributed by atoms with Gasteiger partial charge in [0.05, 0.1) is 20.8 Å². The SMILES string of the molecule is COc1cc(C=Cc2ccc(COP(=O)(O)O)cc2)c(OC)c2c1C(C)(C)CCC2(C)C. The molecule has 0 bridgehead atoms. The predicted octanol–water partition coefficient (Wildman–Crippen LogP) is 5.83. The summed E-state index contributed by atoms with van der Waals surface area (Å²) in [6, 6.07) is 9.37. The van der Waals surface area contributed by atoms with Crippen LogP contribution in [0, 0.1) is 0 Å². The van der Waals surface area contributed by atoms with Gasteiger partial charge in [0.25, 0.3) is 0 Å². The lowest BCUT2D eigenvalue weighted by atomic mass is 9.62. The third kappa shape index (κ3) is 5.26. The highest BCUT2D eigenvalue weighted by atomic mass is 31.2. The minimum absolute atomic E-state index is 0.00325. The first-order valence-electron chi connectivity index (χ1n) is 10.6. The van der Waals surface area contributed by atoms with Crippen molar-refractivity contribution >= 4 is 20.0 Å². The molecule has 0 atom stereocenters. The van der Waals surface area contributed by atoms with Gasteiger partial charge in [-0.2, -0.15) is 0 Å². The molecule has 6 nitrogen and oxygen atoms in total. The molecule has 2 aromatic rings. The second-order valence-electron chi connectivity index (χ2n) is 9.56. The van der Waals surface area contributed by atoms with Crippen molar-refractivity contribution in [1.82, 2.24) is 0 Å². The Balaban J connectivity index is 1.99. The van der Waals surface area contributed by atoms with Gasteiger partial charge in [0.2, 0.25) is 0 Å². The van der Waals surface area contributed by atoms with E-state index in [1.54, 1.807) is 26.4 Å². The van der Waals surface area contributed by atoms with Crippen molar-refractivity contribution in [2.75, 3.05) is 14.2 Å². The summed E-state index contributed by atoms with van der Waals surface area (Å²) in [5, 5.41) is 0. The topological polar surface area (TPSA) is 85.2 Å². The molecule has 0 saturated carbocycles. The molecule has 174 valence electrons. The van der Waals surface area contributed by atoms with Gasteiger partial charge in [-0.25, -0.2) is 4.57 Å². The first-order chi connectivity index (χ1) is 14.9. The van der Waals surface area contributed by atoms with E-state index in [1.165, 1.54) is 11.1 Å². The van der Waals surface area contributed by atoms with Crippen molar-refractivity contribution in [3.05, 3.63) is 58.1 Å². The molecule has 0 spiro atoms. The molecule has 32 heavy (non-hydrogen) atoms. The third-order valence-electron chi connectivity index (χ3n) is 6.26. The summed E-state index contributed by atoms with van der Waals surface area (Å²) in [4.78, 5) is 17.7. The van der Waals surface area contributed by atoms with E-state index in [1.807, 2.05) is 30.4 Å². The van der Waals surface area contributed by atoms with Crippen molar-refractivity contribution in [3.8, 4) is 11.5 Å². The zero-order valence-electron chi connectivity index (χ0n) is 19.6. The molecule has 7 heteroatoms. The molecule has 0 amide bonds. The first-order valence-corrected chi connectivity index (χ1v) is 12.2. The second-order valence-corrected chi connectivity index (χ2v) is 10.8. The standard InChI is InChI=1S/C25H33O6P/c1-24(2)13-14-25(3,4)22-21(24)20(29-5)15-19(23(22)30-6)12-11-17-7-9-18(10-8-17)16-31-32(26,27)28/h7-12,15H,13-14,16H2,1-6H3,(H2,26,27,28). The van der Waals surface area contributed by atoms with Gasteiger partial charge in [0.15, 0.2) is 0 Å². The summed E-state index contributed by atoms with van der Waals surface area (Å²) < 4.78 is 27.2. The fourth-order valence-electron chi connectivity index (χ4n) is 4.43. The number of fused-ring (bicyclic) bond motifs is 1. The van der Waals surface area contributed by atoms with Gasteiger partial charge in [-0.15, -0.1) is 0 Å². The van der Waals surface area contributed by atoms with Gasteiger partial charge in [-0.3, -0.25) is 4.52 Å². The molecule has 1 aliphatic carbocycles. The quantitative estimate of drug-likeness (QED) is 0.399. The Hall–Kier alpha value is -2.11. The van der Waals surface area contributed by atoms with Crippen LogP contribution in [0.1, 0.15) is 68.4 Å². The van der Waals surface area contributed by atoms with Gasteiger partial charge in [-0.05, 0) is 40.9 Å². The average Bonchev–Trinajstić information content (AvgIpc) is 2.73. The number of ether oxygens (including phenoxy) is 2. The fourth-order valence-corrected chi connectivity index (χ4v) is 4.74. The molecule has 0 unspecified atom stereocenters. The van der Waals surface area contributed by atoms with E-state index in [2.05, 4.69) is 32.2 Å². The highest BCUT2D eigenvalue weighted by Crippen LogP contribution is 2.54. The molecule has 0 saturated heterocycles. The number of hydrogen-bond acceptors (Lipinski definition) is 4. The number of phosphoric ester groups is 1. The van der Waals surface area contributed by atoms with E-state index in [-0.39, 0.29) is 17.4 Å². The molecule has 3 rings (SSSR count). The highest BCUT2D eigenvalue weighted by molar-refractivity contribution is 7.46. The van der Waals surface area contributed by atoms with Crippen LogP contribution in [0.25, 0.3) is 12.2 Å². The molecule has 2 aromatic carbocycles. The average molecular weight is 461 g/mol. The van der Waals surface area contributed by atoms with E-state index in [4.69, 9.17) is 19.3 Å². The molecule has 1 aliphatic rings. The molecule has 0 radical (unpaired) electrons. The summed E-state index contributed by atoms with van der Waals surface area (Å²) >= 11 is 0. The fraction of sp³-hybridized carbons (Fsp3) is 0.440. The lowest BCUT2D eigenvalue weighted by Crippen LogP contribution is -2.35. The Morgan fingerprint density at radius 3 is 2.06 bits per heavy atom. The molecule has 2 N–H and O–H groups in total. The van der Waals surface area contributed by atoms with Crippen molar-refractivity contribution in [2.45, 2.75) is 58.0 Å². The van der Waals surface area contributed by atoms with Gasteiger partial charge < -0.3 is 19.3 Å². The monoisotopic (exact) mass is 460 g/mol. The van der Waals surface area contributed by atoms with Gasteiger partial charge in [0.1, 0.15) is 11.5 Å². The maximum absolute atomic E-state index is 10.9. The zero-order chi connectivity index (χ0) is 23.7. The molecule has 0 fully saturated rings. The number of hydrogen-bond donors (Lipinski definition) is 2. The smallest absolute Gasteiger partial charge is 0.469 e. The summed E-state index contributed by atoms with van der Waals surface area (Å²) in [6.45, 7) is 8.89. The number of benzene rings is 2. The molecule has 0 aromatic heterocycles. The lowest BCUT2D eigenvalue weighted by molar-refractivity contribution is 0.189. The van der Waals surface area contributed by atoms with Crippen molar-refractivity contribution in [1.29, 1.82) is 0 Å². The maximum atomic E-state index is 10.9. The van der Waals surface area contributed by atoms with Crippen LogP contribution in [0.3, 0.4) is 0 Å². The Bertz CT molecular complexity index is 1050. The molecule has 0 aliphatic heterocycles. The number of methoxy groups -OCH3 is 2. The highest BCUT2D eigenvalue weighted by Gasteiger charge is 2.42. The summed E-state index contributed by atoms with van der Waals surface area (Å²) in [6.07, 6.45) is 6.15. The van der Waals surface area contributed by atoms with E-state index < -0.39 is 7.82 Å². The van der Waals surface area contributed by atoms with E-state index in [0.29, 0.717) is 5.56 Å². The summed E-state index contributed by atoms with van der Waals surface area (Å²) in [7, 11) is -1.05. The largest absolute Gasteiger partial charge is 0.496 e. The zero-order valence-corrected chi connectivity index (χ0v) is 20.5. The Morgan fingerprint density at radius 2 is 1.53 bits per heavy atom. The van der Waals surface area contributed by atoms with Gasteiger partial charge in [0, 0.05) is 16.7 Å². The van der Waals surface area contributed by atoms with Crippen LogP contribution < -0.4 is 9.47 Å².